The fourth-order valence-corrected chi connectivity index (χ4v) is 2.63. The lowest BCUT2D eigenvalue weighted by Gasteiger charge is -2.33. The average Bonchev–Trinajstić information content (AvgIpc) is 3.10. The maximum Gasteiger partial charge on any atom is 0.243 e. The van der Waals surface area contributed by atoms with E-state index in [1.165, 1.54) is 0 Å². The lowest BCUT2D eigenvalue weighted by atomic mass is 10.0. The molecule has 23 heavy (non-hydrogen) atoms. The van der Waals surface area contributed by atoms with Gasteiger partial charge in [-0.3, -0.25) is 9.59 Å². The number of carbonyl (C=O) groups is 2. The number of aromatic amines is 1. The van der Waals surface area contributed by atoms with E-state index in [1.54, 1.807) is 29.6 Å². The third-order valence-electron chi connectivity index (χ3n) is 3.84. The summed E-state index contributed by atoms with van der Waals surface area (Å²) in [5, 5.41) is 11.4. The number of nitriles is 1. The molecule has 0 aliphatic carbocycles. The first-order valence-electron chi connectivity index (χ1n) is 7.21. The molecular weight excluding hydrogens is 294 g/mol. The maximum atomic E-state index is 12.2. The smallest absolute Gasteiger partial charge is 0.243 e. The molecule has 1 aliphatic heterocycles. The molecule has 1 unspecified atom stereocenters. The van der Waals surface area contributed by atoms with E-state index in [2.05, 4.69) is 21.4 Å². The first kappa shape index (κ1) is 14.8. The largest absolute Gasteiger partial charge is 0.347 e. The Morgan fingerprint density at radius 2 is 2.09 bits per heavy atom. The van der Waals surface area contributed by atoms with Crippen LogP contribution in [0.25, 0.3) is 0 Å². The van der Waals surface area contributed by atoms with E-state index in [9.17, 15) is 9.59 Å². The Morgan fingerprint density at radius 1 is 1.30 bits per heavy atom. The maximum absolute atomic E-state index is 12.2. The first-order chi connectivity index (χ1) is 11.2. The van der Waals surface area contributed by atoms with Crippen molar-refractivity contribution in [2.24, 2.45) is 0 Å². The Kier molecular flexibility index (Phi) is 4.06. The van der Waals surface area contributed by atoms with Crippen LogP contribution in [0.5, 0.6) is 0 Å². The molecule has 0 saturated carbocycles. The third-order valence-corrected chi connectivity index (χ3v) is 3.84. The molecule has 0 spiro atoms. The summed E-state index contributed by atoms with van der Waals surface area (Å²) in [4.78, 5) is 32.5. The molecule has 1 saturated heterocycles. The standard InChI is InChI=1S/C16H15N5O2/c17-6-12-3-1-11(2-4-12)5-14(13-7-18-10-20-13)21-9-15(22)19-8-16(21)23/h1-4,7,10,14H,5,8-9H2,(H,18,20)(H,19,22). The van der Waals surface area contributed by atoms with Crippen molar-refractivity contribution < 1.29 is 9.59 Å². The van der Waals surface area contributed by atoms with Crippen LogP contribution >= 0.6 is 0 Å². The van der Waals surface area contributed by atoms with Gasteiger partial charge in [0.25, 0.3) is 0 Å². The summed E-state index contributed by atoms with van der Waals surface area (Å²) in [6, 6.07) is 8.97. The van der Waals surface area contributed by atoms with Crippen LogP contribution in [0.2, 0.25) is 0 Å². The highest BCUT2D eigenvalue weighted by Gasteiger charge is 2.31. The molecule has 2 aromatic rings. The average molecular weight is 309 g/mol. The summed E-state index contributed by atoms with van der Waals surface area (Å²) in [6.07, 6.45) is 3.75. The molecule has 1 aromatic heterocycles. The third kappa shape index (κ3) is 3.21. The molecular formula is C16H15N5O2. The zero-order valence-corrected chi connectivity index (χ0v) is 12.3. The van der Waals surface area contributed by atoms with Gasteiger partial charge in [0.2, 0.25) is 11.8 Å². The van der Waals surface area contributed by atoms with E-state index >= 15 is 0 Å². The molecule has 1 fully saturated rings. The second kappa shape index (κ2) is 6.32. The van der Waals surface area contributed by atoms with E-state index in [0.29, 0.717) is 12.0 Å². The van der Waals surface area contributed by atoms with Crippen LogP contribution in [-0.2, 0) is 16.0 Å². The highest BCUT2D eigenvalue weighted by Crippen LogP contribution is 2.24. The summed E-state index contributed by atoms with van der Waals surface area (Å²) in [6.45, 7) is 0.0373. The van der Waals surface area contributed by atoms with Crippen molar-refractivity contribution in [1.29, 1.82) is 5.26 Å². The van der Waals surface area contributed by atoms with Gasteiger partial charge in [0.1, 0.15) is 6.54 Å². The van der Waals surface area contributed by atoms with Gasteiger partial charge in [-0.2, -0.15) is 5.26 Å². The van der Waals surface area contributed by atoms with Crippen molar-refractivity contribution in [3.63, 3.8) is 0 Å². The number of H-pyrrole nitrogens is 1. The zero-order chi connectivity index (χ0) is 16.2. The van der Waals surface area contributed by atoms with Crippen molar-refractivity contribution in [2.45, 2.75) is 12.5 Å². The number of nitrogens with zero attached hydrogens (tertiary/aromatic N) is 3. The predicted octanol–water partition coefficient (Wildman–Crippen LogP) is 0.524. The highest BCUT2D eigenvalue weighted by molar-refractivity contribution is 5.92. The van der Waals surface area contributed by atoms with Gasteiger partial charge >= 0.3 is 0 Å². The van der Waals surface area contributed by atoms with Crippen molar-refractivity contribution in [3.05, 3.63) is 53.6 Å². The fraction of sp³-hybridized carbons (Fsp3) is 0.250. The lowest BCUT2D eigenvalue weighted by molar-refractivity contribution is -0.143. The molecule has 2 N–H and O–H groups in total. The summed E-state index contributed by atoms with van der Waals surface area (Å²) in [5.74, 6) is -0.299. The van der Waals surface area contributed by atoms with Gasteiger partial charge in [-0.1, -0.05) is 12.1 Å². The number of hydrogen-bond donors (Lipinski definition) is 2. The van der Waals surface area contributed by atoms with E-state index in [4.69, 9.17) is 5.26 Å². The number of benzene rings is 1. The molecule has 1 atom stereocenters. The Labute approximate surface area is 132 Å². The predicted molar refractivity (Wildman–Crippen MR) is 80.9 cm³/mol. The minimum absolute atomic E-state index is 0.0108. The molecule has 116 valence electrons. The van der Waals surface area contributed by atoms with Crippen molar-refractivity contribution >= 4 is 11.8 Å². The number of amides is 2. The monoisotopic (exact) mass is 309 g/mol. The van der Waals surface area contributed by atoms with Crippen LogP contribution in [-0.4, -0.2) is 39.8 Å². The van der Waals surface area contributed by atoms with Crippen molar-refractivity contribution in [3.8, 4) is 6.07 Å². The summed E-state index contributed by atoms with van der Waals surface area (Å²) >= 11 is 0. The number of carbonyl (C=O) groups excluding carboxylic acids is 2. The molecule has 0 bridgehead atoms. The van der Waals surface area contributed by atoms with Crippen molar-refractivity contribution in [1.82, 2.24) is 20.2 Å². The Morgan fingerprint density at radius 3 is 2.74 bits per heavy atom. The van der Waals surface area contributed by atoms with Crippen LogP contribution in [0.3, 0.4) is 0 Å². The van der Waals surface area contributed by atoms with Gasteiger partial charge in [0, 0.05) is 0 Å². The van der Waals surface area contributed by atoms with Gasteiger partial charge in [-0.15, -0.1) is 0 Å². The number of aromatic nitrogens is 2. The van der Waals surface area contributed by atoms with Crippen LogP contribution in [0.15, 0.2) is 36.8 Å². The first-order valence-corrected chi connectivity index (χ1v) is 7.21. The van der Waals surface area contributed by atoms with Gasteiger partial charge < -0.3 is 15.2 Å². The highest BCUT2D eigenvalue weighted by atomic mass is 16.2. The molecule has 7 heteroatoms. The lowest BCUT2D eigenvalue weighted by Crippen LogP contribution is -2.53. The van der Waals surface area contributed by atoms with Crippen molar-refractivity contribution in [2.75, 3.05) is 13.1 Å². The quantitative estimate of drug-likeness (QED) is 0.859. The normalized spacial score (nSPS) is 15.9. The summed E-state index contributed by atoms with van der Waals surface area (Å²) in [7, 11) is 0. The number of hydrogen-bond acceptors (Lipinski definition) is 4. The Bertz CT molecular complexity index is 746. The second-order valence-electron chi connectivity index (χ2n) is 5.33. The van der Waals surface area contributed by atoms with E-state index < -0.39 is 0 Å². The molecule has 2 heterocycles. The molecule has 3 rings (SSSR count). The number of piperazine rings is 1. The number of rotatable bonds is 4. The molecule has 0 radical (unpaired) electrons. The van der Waals surface area contributed by atoms with E-state index in [-0.39, 0.29) is 30.9 Å². The number of imidazole rings is 1. The topological polar surface area (TPSA) is 102 Å². The zero-order valence-electron chi connectivity index (χ0n) is 12.3. The number of nitrogens with one attached hydrogen (secondary N) is 2. The fourth-order valence-electron chi connectivity index (χ4n) is 2.63. The minimum Gasteiger partial charge on any atom is -0.347 e. The molecule has 1 aromatic carbocycles. The molecule has 2 amide bonds. The van der Waals surface area contributed by atoms with Crippen LogP contribution < -0.4 is 5.32 Å². The van der Waals surface area contributed by atoms with Gasteiger partial charge in [-0.25, -0.2) is 4.98 Å². The Hall–Kier alpha value is -3.14. The van der Waals surface area contributed by atoms with Crippen LogP contribution in [0.1, 0.15) is 22.9 Å². The van der Waals surface area contributed by atoms with Gasteiger partial charge in [-0.05, 0) is 24.1 Å². The van der Waals surface area contributed by atoms with Crippen LogP contribution in [0.4, 0.5) is 0 Å². The molecule has 7 nitrogen and oxygen atoms in total. The van der Waals surface area contributed by atoms with Gasteiger partial charge in [0.15, 0.2) is 0 Å². The summed E-state index contributed by atoms with van der Waals surface area (Å²) < 4.78 is 0. The van der Waals surface area contributed by atoms with E-state index in [1.807, 2.05) is 12.1 Å². The molecule has 1 aliphatic rings. The second-order valence-corrected chi connectivity index (χ2v) is 5.33. The minimum atomic E-state index is -0.302. The van der Waals surface area contributed by atoms with Crippen LogP contribution in [0, 0.1) is 11.3 Å². The SMILES string of the molecule is N#Cc1ccc(CC(c2cnc[nH]2)N2CC(=O)NCC2=O)cc1. The summed E-state index contributed by atoms with van der Waals surface area (Å²) in [5.41, 5.74) is 2.33. The Balaban J connectivity index is 1.88. The van der Waals surface area contributed by atoms with Gasteiger partial charge in [0.05, 0.1) is 42.4 Å². The van der Waals surface area contributed by atoms with E-state index in [0.717, 1.165) is 11.3 Å².